The minimum atomic E-state index is -0.780. The van der Waals surface area contributed by atoms with Crippen molar-refractivity contribution < 1.29 is 33.3 Å². The predicted octanol–water partition coefficient (Wildman–Crippen LogP) is 5.75. The summed E-state index contributed by atoms with van der Waals surface area (Å²) in [5.41, 5.74) is 2.83. The van der Waals surface area contributed by atoms with Crippen LogP contribution in [0.4, 0.5) is 20.6 Å². The quantitative estimate of drug-likeness (QED) is 0.279. The molecule has 0 saturated heterocycles. The fourth-order valence-electron chi connectivity index (χ4n) is 3.77. The van der Waals surface area contributed by atoms with Gasteiger partial charge in [0.1, 0.15) is 12.4 Å². The molecule has 38 heavy (non-hydrogen) atoms. The van der Waals surface area contributed by atoms with Crippen LogP contribution in [0.2, 0.25) is 0 Å². The van der Waals surface area contributed by atoms with Gasteiger partial charge in [0.05, 0.1) is 18.6 Å². The van der Waals surface area contributed by atoms with Crippen LogP contribution in [-0.4, -0.2) is 44.0 Å². The van der Waals surface area contributed by atoms with Gasteiger partial charge in [0, 0.05) is 31.5 Å². The molecule has 0 aliphatic heterocycles. The summed E-state index contributed by atoms with van der Waals surface area (Å²) in [6, 6.07) is 18.8. The highest BCUT2D eigenvalue weighted by Gasteiger charge is 2.32. The summed E-state index contributed by atoms with van der Waals surface area (Å²) in [4.78, 5) is 23.7. The van der Waals surface area contributed by atoms with Crippen LogP contribution in [-0.2, 0) is 20.7 Å². The van der Waals surface area contributed by atoms with Gasteiger partial charge in [0.25, 0.3) is 0 Å². The number of phenolic OH excluding ortho intramolecular Hbond substituents is 1. The number of methoxy groups -OCH3 is 1. The number of carbonyl (C=O) groups is 2. The smallest absolute Gasteiger partial charge is 0.411 e. The fourth-order valence-corrected chi connectivity index (χ4v) is 3.77. The number of ether oxygens (including phenoxy) is 3. The van der Waals surface area contributed by atoms with Crippen molar-refractivity contribution in [1.82, 2.24) is 0 Å². The molecule has 0 bridgehead atoms. The number of hydrogen-bond donors (Lipinski definition) is 3. The van der Waals surface area contributed by atoms with E-state index >= 15 is 0 Å². The summed E-state index contributed by atoms with van der Waals surface area (Å²) < 4.78 is 30.2. The molecule has 0 radical (unpaired) electrons. The van der Waals surface area contributed by atoms with Crippen LogP contribution in [0.3, 0.4) is 0 Å². The number of benzene rings is 3. The molecular weight excluding hydrogens is 491 g/mol. The Labute approximate surface area is 221 Å². The molecule has 0 saturated carbocycles. The zero-order valence-corrected chi connectivity index (χ0v) is 21.8. The lowest BCUT2D eigenvalue weighted by Gasteiger charge is -2.31. The monoisotopic (exact) mass is 524 g/mol. The third-order valence-corrected chi connectivity index (χ3v) is 6.06. The summed E-state index contributed by atoms with van der Waals surface area (Å²) in [6.07, 6.45) is 0.664. The molecule has 1 atom stereocenters. The molecule has 0 aliphatic carbocycles. The maximum atomic E-state index is 13.6. The van der Waals surface area contributed by atoms with Crippen LogP contribution in [0.15, 0.2) is 66.7 Å². The van der Waals surface area contributed by atoms with Gasteiger partial charge in [0.15, 0.2) is 11.6 Å². The minimum Gasteiger partial charge on any atom is -0.505 e. The maximum absolute atomic E-state index is 13.6. The Morgan fingerprint density at radius 2 is 1.50 bits per heavy atom. The van der Waals surface area contributed by atoms with E-state index in [1.165, 1.54) is 19.1 Å². The number of aromatic hydroxyl groups is 1. The van der Waals surface area contributed by atoms with Crippen molar-refractivity contribution in [3.8, 4) is 11.5 Å². The minimum absolute atomic E-state index is 0.0241. The van der Waals surface area contributed by atoms with Crippen molar-refractivity contribution >= 4 is 23.4 Å². The van der Waals surface area contributed by atoms with Crippen molar-refractivity contribution in [3.05, 3.63) is 83.7 Å². The molecule has 0 aromatic heterocycles. The largest absolute Gasteiger partial charge is 0.505 e. The second-order valence-corrected chi connectivity index (χ2v) is 9.14. The first kappa shape index (κ1) is 28.5. The highest BCUT2D eigenvalue weighted by atomic mass is 19.1. The van der Waals surface area contributed by atoms with Gasteiger partial charge in [0.2, 0.25) is 5.91 Å². The number of halogens is 1. The van der Waals surface area contributed by atoms with Crippen molar-refractivity contribution in [2.24, 2.45) is 5.41 Å². The van der Waals surface area contributed by atoms with Crippen molar-refractivity contribution in [1.29, 1.82) is 0 Å². The zero-order valence-electron chi connectivity index (χ0n) is 21.8. The number of rotatable bonds is 12. The Balaban J connectivity index is 1.53. The Hall–Kier alpha value is -4.11. The van der Waals surface area contributed by atoms with E-state index in [0.717, 1.165) is 22.9 Å². The molecule has 0 heterocycles. The second-order valence-electron chi connectivity index (χ2n) is 9.14. The van der Waals surface area contributed by atoms with E-state index in [4.69, 9.17) is 14.2 Å². The van der Waals surface area contributed by atoms with Crippen molar-refractivity contribution in [2.45, 2.75) is 26.7 Å². The molecule has 1 unspecified atom stereocenters. The highest BCUT2D eigenvalue weighted by molar-refractivity contribution is 5.88. The van der Waals surface area contributed by atoms with Gasteiger partial charge in [-0.2, -0.15) is 0 Å². The molecule has 3 aromatic carbocycles. The van der Waals surface area contributed by atoms with E-state index in [2.05, 4.69) is 10.6 Å². The Bertz CT molecular complexity index is 1220. The highest BCUT2D eigenvalue weighted by Crippen LogP contribution is 2.27. The lowest BCUT2D eigenvalue weighted by atomic mass is 9.88. The normalized spacial score (nSPS) is 12.3. The van der Waals surface area contributed by atoms with Crippen LogP contribution in [0.25, 0.3) is 0 Å². The number of nitrogens with one attached hydrogen (secondary N) is 2. The van der Waals surface area contributed by atoms with Gasteiger partial charge in [-0.3, -0.25) is 10.1 Å². The van der Waals surface area contributed by atoms with E-state index in [1.54, 1.807) is 19.2 Å². The van der Waals surface area contributed by atoms with E-state index in [0.29, 0.717) is 18.5 Å². The van der Waals surface area contributed by atoms with Crippen molar-refractivity contribution in [2.75, 3.05) is 37.6 Å². The first-order chi connectivity index (χ1) is 18.2. The molecule has 0 aliphatic rings. The summed E-state index contributed by atoms with van der Waals surface area (Å²) in [7, 11) is 1.55. The number of amides is 2. The number of hydrogen-bond acceptors (Lipinski definition) is 6. The lowest BCUT2D eigenvalue weighted by molar-refractivity contribution is -0.114. The van der Waals surface area contributed by atoms with E-state index in [-0.39, 0.29) is 31.5 Å². The SMILES string of the molecule is CCC(COC)(COC(=O)Nc1ccc(Cc2ccc(NC(C)=O)cc2)cc1)COc1ccc(O)c(F)c1. The average Bonchev–Trinajstić information content (AvgIpc) is 2.90. The molecule has 0 fully saturated rings. The summed E-state index contributed by atoms with van der Waals surface area (Å²) >= 11 is 0. The van der Waals surface area contributed by atoms with Crippen LogP contribution >= 0.6 is 0 Å². The Morgan fingerprint density at radius 1 is 0.895 bits per heavy atom. The van der Waals surface area contributed by atoms with Gasteiger partial charge >= 0.3 is 6.09 Å². The van der Waals surface area contributed by atoms with Gasteiger partial charge in [-0.05, 0) is 60.4 Å². The molecule has 9 heteroatoms. The molecule has 0 spiro atoms. The maximum Gasteiger partial charge on any atom is 0.411 e. The Kier molecular flexibility index (Phi) is 10.1. The summed E-state index contributed by atoms with van der Waals surface area (Å²) in [5, 5.41) is 14.8. The predicted molar refractivity (Wildman–Crippen MR) is 143 cm³/mol. The zero-order chi connectivity index (χ0) is 27.5. The molecule has 3 N–H and O–H groups in total. The van der Waals surface area contributed by atoms with E-state index in [9.17, 15) is 19.1 Å². The fraction of sp³-hybridized carbons (Fsp3) is 0.310. The average molecular weight is 525 g/mol. The first-order valence-corrected chi connectivity index (χ1v) is 12.2. The van der Waals surface area contributed by atoms with Gasteiger partial charge in [-0.1, -0.05) is 31.2 Å². The molecular formula is C29H33FN2O6. The molecule has 3 rings (SSSR count). The second kappa shape index (κ2) is 13.4. The van der Waals surface area contributed by atoms with Crippen LogP contribution in [0, 0.1) is 11.2 Å². The standard InChI is InChI=1S/C29H33FN2O6/c1-4-29(17-36-3,18-37-25-13-14-27(34)26(30)16-25)19-38-28(35)32-24-11-7-22(8-12-24)15-21-5-9-23(10-6-21)31-20(2)33/h5-14,16,34H,4,15,17-19H2,1-3H3,(H,31,33)(H,32,35). The summed E-state index contributed by atoms with van der Waals surface area (Å²) in [6.45, 7) is 3.80. The Morgan fingerprint density at radius 3 is 2.03 bits per heavy atom. The number of phenols is 1. The third-order valence-electron chi connectivity index (χ3n) is 6.06. The molecule has 2 amide bonds. The van der Waals surface area contributed by atoms with Gasteiger partial charge in [-0.15, -0.1) is 0 Å². The van der Waals surface area contributed by atoms with Gasteiger partial charge < -0.3 is 24.6 Å². The summed E-state index contributed by atoms with van der Waals surface area (Å²) in [5.74, 6) is -1.10. The van der Waals surface area contributed by atoms with Crippen LogP contribution in [0.5, 0.6) is 11.5 Å². The topological polar surface area (TPSA) is 106 Å². The van der Waals surface area contributed by atoms with Crippen LogP contribution in [0.1, 0.15) is 31.4 Å². The lowest BCUT2D eigenvalue weighted by Crippen LogP contribution is -2.39. The van der Waals surface area contributed by atoms with E-state index < -0.39 is 23.1 Å². The molecule has 8 nitrogen and oxygen atoms in total. The first-order valence-electron chi connectivity index (χ1n) is 12.2. The molecule has 3 aromatic rings. The third kappa shape index (κ3) is 8.48. The van der Waals surface area contributed by atoms with Gasteiger partial charge in [-0.25, -0.2) is 9.18 Å². The number of anilines is 2. The van der Waals surface area contributed by atoms with E-state index in [1.807, 2.05) is 43.3 Å². The molecule has 202 valence electrons. The van der Waals surface area contributed by atoms with Crippen molar-refractivity contribution in [3.63, 3.8) is 0 Å². The number of carbonyl (C=O) groups excluding carboxylic acids is 2. The van der Waals surface area contributed by atoms with Crippen LogP contribution < -0.4 is 15.4 Å².